The Morgan fingerprint density at radius 1 is 0.763 bits per heavy atom. The molecule has 0 fully saturated rings. The molecule has 3 amide bonds. The van der Waals surface area contributed by atoms with Crippen LogP contribution in [0.4, 0.5) is 14.4 Å². The van der Waals surface area contributed by atoms with Gasteiger partial charge in [0.2, 0.25) is 0 Å². The van der Waals surface area contributed by atoms with E-state index in [2.05, 4.69) is 5.32 Å². The van der Waals surface area contributed by atoms with Crippen LogP contribution in [0.25, 0.3) is 0 Å². The normalized spacial score (nSPS) is 11.4. The molecule has 216 valence electrons. The molecule has 0 bridgehead atoms. The van der Waals surface area contributed by atoms with Gasteiger partial charge < -0.3 is 35.1 Å². The lowest BCUT2D eigenvalue weighted by Crippen LogP contribution is -2.40. The highest BCUT2D eigenvalue weighted by Gasteiger charge is 2.23. The molecule has 0 heterocycles. The summed E-state index contributed by atoms with van der Waals surface area (Å²) >= 11 is 0. The van der Waals surface area contributed by atoms with Crippen molar-refractivity contribution in [2.75, 3.05) is 39.3 Å². The Morgan fingerprint density at radius 2 is 1.24 bits per heavy atom. The first-order valence-electron chi connectivity index (χ1n) is 13.4. The second kappa shape index (κ2) is 16.8. The van der Waals surface area contributed by atoms with Gasteiger partial charge in [0, 0.05) is 32.7 Å². The second-order valence-corrected chi connectivity index (χ2v) is 11.1. The van der Waals surface area contributed by atoms with Crippen LogP contribution in [0.2, 0.25) is 0 Å². The minimum atomic E-state index is -0.620. The standard InChI is InChI=1S/C28H48N4O6/c1-27(2,3)37-25(34)31(20-12-16-29)18-10-11-19-32(26(35)38-28(4,5)6)21-13-17-30-24(33)36-22-23-14-8-7-9-15-23/h7-9,14-15H,10-13,16-22,29H2,1-6H3,(H,30,33). The van der Waals surface area contributed by atoms with Crippen LogP contribution in [-0.2, 0) is 20.8 Å². The van der Waals surface area contributed by atoms with Gasteiger partial charge in [-0.05, 0) is 79.3 Å². The third-order valence-electron chi connectivity index (χ3n) is 5.13. The molecule has 38 heavy (non-hydrogen) atoms. The summed E-state index contributed by atoms with van der Waals surface area (Å²) in [6.45, 7) is 13.9. The maximum absolute atomic E-state index is 12.8. The van der Waals surface area contributed by atoms with E-state index >= 15 is 0 Å². The Labute approximate surface area is 228 Å². The van der Waals surface area contributed by atoms with Gasteiger partial charge in [-0.1, -0.05) is 30.3 Å². The number of hydrogen-bond acceptors (Lipinski definition) is 7. The molecule has 10 heteroatoms. The van der Waals surface area contributed by atoms with Gasteiger partial charge in [-0.25, -0.2) is 14.4 Å². The number of alkyl carbamates (subject to hydrolysis) is 1. The van der Waals surface area contributed by atoms with Crippen LogP contribution in [0.15, 0.2) is 30.3 Å². The molecule has 0 spiro atoms. The van der Waals surface area contributed by atoms with Crippen LogP contribution in [0.5, 0.6) is 0 Å². The fourth-order valence-corrected chi connectivity index (χ4v) is 3.36. The van der Waals surface area contributed by atoms with Crippen molar-refractivity contribution in [1.29, 1.82) is 0 Å². The molecule has 0 saturated heterocycles. The van der Waals surface area contributed by atoms with Gasteiger partial charge >= 0.3 is 18.3 Å². The fraction of sp³-hybridized carbons (Fsp3) is 0.679. The molecule has 1 rings (SSSR count). The van der Waals surface area contributed by atoms with E-state index in [0.29, 0.717) is 65.0 Å². The van der Waals surface area contributed by atoms with E-state index in [4.69, 9.17) is 19.9 Å². The van der Waals surface area contributed by atoms with Gasteiger partial charge in [-0.15, -0.1) is 0 Å². The van der Waals surface area contributed by atoms with Crippen LogP contribution in [0.3, 0.4) is 0 Å². The van der Waals surface area contributed by atoms with Crippen molar-refractivity contribution < 1.29 is 28.6 Å². The molecular formula is C28H48N4O6. The molecule has 1 aromatic rings. The highest BCUT2D eigenvalue weighted by Crippen LogP contribution is 2.13. The van der Waals surface area contributed by atoms with Crippen LogP contribution < -0.4 is 11.1 Å². The summed E-state index contributed by atoms with van der Waals surface area (Å²) in [5, 5.41) is 2.72. The number of rotatable bonds is 14. The number of carbonyl (C=O) groups excluding carboxylic acids is 3. The molecule has 0 aliphatic rings. The Kier molecular flexibility index (Phi) is 14.6. The molecule has 0 aliphatic carbocycles. The lowest BCUT2D eigenvalue weighted by Gasteiger charge is -2.29. The number of nitrogens with zero attached hydrogens (tertiary/aromatic N) is 2. The third-order valence-corrected chi connectivity index (χ3v) is 5.13. The molecule has 3 N–H and O–H groups in total. The van der Waals surface area contributed by atoms with Crippen LogP contribution in [0.1, 0.15) is 72.8 Å². The summed E-state index contributed by atoms with van der Waals surface area (Å²) < 4.78 is 16.3. The number of hydrogen-bond donors (Lipinski definition) is 2. The summed E-state index contributed by atoms with van der Waals surface area (Å²) in [5.41, 5.74) is 5.34. The van der Waals surface area contributed by atoms with Crippen LogP contribution >= 0.6 is 0 Å². The lowest BCUT2D eigenvalue weighted by atomic mass is 10.2. The molecule has 0 saturated carbocycles. The molecule has 1 aromatic carbocycles. The minimum Gasteiger partial charge on any atom is -0.445 e. The van der Waals surface area contributed by atoms with Crippen molar-refractivity contribution in [3.05, 3.63) is 35.9 Å². The second-order valence-electron chi connectivity index (χ2n) is 11.1. The maximum Gasteiger partial charge on any atom is 0.410 e. The predicted octanol–water partition coefficient (Wildman–Crippen LogP) is 4.91. The average Bonchev–Trinajstić information content (AvgIpc) is 2.81. The summed E-state index contributed by atoms with van der Waals surface area (Å²) in [4.78, 5) is 40.6. The van der Waals surface area contributed by atoms with Gasteiger partial charge in [-0.3, -0.25) is 0 Å². The Bertz CT molecular complexity index is 836. The van der Waals surface area contributed by atoms with Crippen LogP contribution in [-0.4, -0.2) is 78.6 Å². The van der Waals surface area contributed by atoms with Crippen LogP contribution in [0, 0.1) is 0 Å². The quantitative estimate of drug-likeness (QED) is 0.256. The number of benzene rings is 1. The van der Waals surface area contributed by atoms with E-state index in [0.717, 1.165) is 5.56 Å². The summed E-state index contributed by atoms with van der Waals surface area (Å²) in [7, 11) is 0. The van der Waals surface area contributed by atoms with Gasteiger partial charge in [0.25, 0.3) is 0 Å². The van der Waals surface area contributed by atoms with Crippen molar-refractivity contribution in [2.45, 2.75) is 85.0 Å². The number of amides is 3. The zero-order chi connectivity index (χ0) is 28.6. The Hall–Kier alpha value is -3.01. The zero-order valence-corrected chi connectivity index (χ0v) is 24.1. The predicted molar refractivity (Wildman–Crippen MR) is 148 cm³/mol. The highest BCUT2D eigenvalue weighted by molar-refractivity contribution is 5.69. The molecule has 10 nitrogen and oxygen atoms in total. The first-order chi connectivity index (χ1) is 17.8. The largest absolute Gasteiger partial charge is 0.445 e. The average molecular weight is 537 g/mol. The van der Waals surface area contributed by atoms with Crippen molar-refractivity contribution in [3.8, 4) is 0 Å². The van der Waals surface area contributed by atoms with Gasteiger partial charge in [0.15, 0.2) is 0 Å². The molecule has 0 unspecified atom stereocenters. The number of carbonyl (C=O) groups is 3. The number of nitrogens with one attached hydrogen (secondary N) is 1. The monoisotopic (exact) mass is 536 g/mol. The summed E-state index contributed by atoms with van der Waals surface area (Å²) in [6.07, 6.45) is 1.32. The number of unbranched alkanes of at least 4 members (excludes halogenated alkanes) is 1. The first kappa shape index (κ1) is 33.0. The summed E-state index contributed by atoms with van der Waals surface area (Å²) in [5.74, 6) is 0. The minimum absolute atomic E-state index is 0.197. The van der Waals surface area contributed by atoms with Crippen molar-refractivity contribution >= 4 is 18.3 Å². The van der Waals surface area contributed by atoms with E-state index in [1.165, 1.54) is 0 Å². The zero-order valence-electron chi connectivity index (χ0n) is 24.1. The molecular weight excluding hydrogens is 488 g/mol. The molecule has 0 atom stereocenters. The van der Waals surface area contributed by atoms with E-state index in [1.54, 1.807) is 9.80 Å². The highest BCUT2D eigenvalue weighted by atomic mass is 16.6. The molecule has 0 aromatic heterocycles. The van der Waals surface area contributed by atoms with Crippen molar-refractivity contribution in [1.82, 2.24) is 15.1 Å². The van der Waals surface area contributed by atoms with Gasteiger partial charge in [-0.2, -0.15) is 0 Å². The van der Waals surface area contributed by atoms with E-state index in [-0.39, 0.29) is 12.7 Å². The number of nitrogens with two attached hydrogens (primary N) is 1. The third kappa shape index (κ3) is 16.0. The maximum atomic E-state index is 12.8. The van der Waals surface area contributed by atoms with Gasteiger partial charge in [0.05, 0.1) is 0 Å². The van der Waals surface area contributed by atoms with Crippen molar-refractivity contribution in [3.63, 3.8) is 0 Å². The van der Waals surface area contributed by atoms with Gasteiger partial charge in [0.1, 0.15) is 17.8 Å². The number of ether oxygens (including phenoxy) is 3. The van der Waals surface area contributed by atoms with E-state index < -0.39 is 23.4 Å². The fourth-order valence-electron chi connectivity index (χ4n) is 3.36. The first-order valence-corrected chi connectivity index (χ1v) is 13.4. The lowest BCUT2D eigenvalue weighted by molar-refractivity contribution is 0.0208. The smallest absolute Gasteiger partial charge is 0.410 e. The SMILES string of the molecule is CC(C)(C)OC(=O)N(CCCN)CCCCN(CCCNC(=O)OCc1ccccc1)C(=O)OC(C)(C)C. The Balaban J connectivity index is 2.53. The molecule has 0 radical (unpaired) electrons. The van der Waals surface area contributed by atoms with Crippen molar-refractivity contribution in [2.24, 2.45) is 5.73 Å². The van der Waals surface area contributed by atoms with E-state index in [1.807, 2.05) is 71.9 Å². The topological polar surface area (TPSA) is 123 Å². The summed E-state index contributed by atoms with van der Waals surface area (Å²) in [6, 6.07) is 9.45. The molecule has 0 aliphatic heterocycles. The Morgan fingerprint density at radius 3 is 1.71 bits per heavy atom. The van der Waals surface area contributed by atoms with E-state index in [9.17, 15) is 14.4 Å².